The van der Waals surface area contributed by atoms with Crippen molar-refractivity contribution < 1.29 is 38.6 Å². The molecule has 0 radical (unpaired) electrons. The van der Waals surface area contributed by atoms with Crippen LogP contribution in [0.4, 0.5) is 0 Å². The third-order valence-corrected chi connectivity index (χ3v) is 6.61. The molecule has 0 saturated carbocycles. The molecule has 1 saturated heterocycles. The van der Waals surface area contributed by atoms with Gasteiger partial charge in [-0.05, 0) is 40.7 Å². The van der Waals surface area contributed by atoms with Gasteiger partial charge in [-0.25, -0.2) is 4.79 Å². The number of aryl methyl sites for hydroxylation is 2. The molecule has 2 aromatic carbocycles. The maximum absolute atomic E-state index is 11.6. The van der Waals surface area contributed by atoms with E-state index in [2.05, 4.69) is 12.1 Å². The van der Waals surface area contributed by atoms with E-state index in [1.54, 1.807) is 0 Å². The van der Waals surface area contributed by atoms with Crippen LogP contribution in [0.15, 0.2) is 54.6 Å². The molecule has 1 aliphatic heterocycles. The van der Waals surface area contributed by atoms with Crippen molar-refractivity contribution >= 4 is 11.5 Å². The number of hydrogen-bond donors (Lipinski definition) is 4. The number of likely N-dealkylation sites (N-methyl/N-ethyl adjacent to an activating group) is 1. The first-order valence-electron chi connectivity index (χ1n) is 12.6. The van der Waals surface area contributed by atoms with Crippen LogP contribution in [0.2, 0.25) is 0 Å². The molecular weight excluding hydrogens is 422 g/mol. The summed E-state index contributed by atoms with van der Waals surface area (Å²) in [5.41, 5.74) is 5.52. The van der Waals surface area contributed by atoms with Gasteiger partial charge in [0.05, 0.1) is 24.7 Å². The van der Waals surface area contributed by atoms with Crippen molar-refractivity contribution in [2.24, 2.45) is 0 Å². The van der Waals surface area contributed by atoms with E-state index < -0.39 is 48.1 Å². The zero-order valence-corrected chi connectivity index (χ0v) is 18.5. The second kappa shape index (κ2) is 9.37. The topological polar surface area (TPSA) is 107 Å². The second-order valence-electron chi connectivity index (χ2n) is 8.97. The van der Waals surface area contributed by atoms with Crippen LogP contribution in [0.5, 0.6) is 0 Å². The highest BCUT2D eigenvalue weighted by molar-refractivity contribution is 5.83. The van der Waals surface area contributed by atoms with Gasteiger partial charge in [-0.15, -0.1) is 0 Å². The van der Waals surface area contributed by atoms with Crippen LogP contribution in [0.3, 0.4) is 0 Å². The summed E-state index contributed by atoms with van der Waals surface area (Å²) < 4.78 is 29.2. The molecule has 1 heterocycles. The van der Waals surface area contributed by atoms with Crippen LogP contribution in [-0.2, 0) is 22.4 Å². The maximum atomic E-state index is 11.6. The summed E-state index contributed by atoms with van der Waals surface area (Å²) in [4.78, 5) is 11.6. The molecule has 4 N–H and O–H groups in total. The van der Waals surface area contributed by atoms with Crippen molar-refractivity contribution in [3.8, 4) is 0 Å². The average Bonchev–Trinajstić information content (AvgIpc) is 2.99. The summed E-state index contributed by atoms with van der Waals surface area (Å²) in [6.07, 6.45) is -5.01. The largest absolute Gasteiger partial charge is 0.479 e. The molecule has 1 aliphatic carbocycles. The standard InChI is InChI=1S/C26H31NO6/c1-27(2,25-23(30)21(28)22(29)24(33-25)26(31)32)15-7-12-20-18-10-5-3-8-16(18)13-14-17-9-4-6-11-19(17)20/h3-6,8-12,21-25,28-30H,7,13-15H2,1-2H3/p+1/t21-,22+,23-,24+,25-/m1/s1/i1D3/t21-,22+,23-,24+,25-,27?. The Bertz CT molecular complexity index is 1100. The molecule has 7 heteroatoms. The zero-order chi connectivity index (χ0) is 26.3. The molecule has 4 rings (SSSR count). The fraction of sp³-hybridized carbons (Fsp3) is 0.423. The number of aliphatic hydroxyl groups is 3. The Labute approximate surface area is 198 Å². The fourth-order valence-corrected chi connectivity index (χ4v) is 4.78. The quantitative estimate of drug-likeness (QED) is 0.508. The minimum Gasteiger partial charge on any atom is -0.479 e. The molecule has 0 aromatic heterocycles. The van der Waals surface area contributed by atoms with Gasteiger partial charge in [0.1, 0.15) is 12.2 Å². The van der Waals surface area contributed by atoms with Crippen molar-refractivity contribution in [2.75, 3.05) is 20.6 Å². The summed E-state index contributed by atoms with van der Waals surface area (Å²) in [6.45, 7) is -2.75. The van der Waals surface area contributed by atoms with Gasteiger partial charge in [0.15, 0.2) is 12.2 Å². The minimum absolute atomic E-state index is 0.0405. The zero-order valence-electron chi connectivity index (χ0n) is 21.5. The number of hydrogen-bond acceptors (Lipinski definition) is 5. The average molecular weight is 458 g/mol. The van der Waals surface area contributed by atoms with Gasteiger partial charge in [-0.2, -0.15) is 0 Å². The van der Waals surface area contributed by atoms with Crippen molar-refractivity contribution in [3.63, 3.8) is 0 Å². The van der Waals surface area contributed by atoms with E-state index in [1.807, 2.05) is 42.5 Å². The van der Waals surface area contributed by atoms with Crippen molar-refractivity contribution in [1.29, 1.82) is 0 Å². The Hall–Kier alpha value is -2.55. The first-order chi connectivity index (χ1) is 17.0. The lowest BCUT2D eigenvalue weighted by molar-refractivity contribution is -0.944. The van der Waals surface area contributed by atoms with Crippen LogP contribution in [0, 0.1) is 0 Å². The third-order valence-electron chi connectivity index (χ3n) is 6.61. The van der Waals surface area contributed by atoms with Gasteiger partial charge in [0.2, 0.25) is 6.23 Å². The predicted octanol–water partition coefficient (Wildman–Crippen LogP) is 1.58. The van der Waals surface area contributed by atoms with Crippen molar-refractivity contribution in [2.45, 2.75) is 49.9 Å². The summed E-state index contributed by atoms with van der Waals surface area (Å²) in [7, 11) is 1.34. The van der Waals surface area contributed by atoms with E-state index in [9.17, 15) is 25.2 Å². The Balaban J connectivity index is 1.69. The van der Waals surface area contributed by atoms with E-state index in [-0.39, 0.29) is 13.0 Å². The normalized spacial score (nSPS) is 30.5. The predicted molar refractivity (Wildman–Crippen MR) is 123 cm³/mol. The number of quaternary nitrogens is 1. The number of carbonyl (C=O) groups is 1. The number of carboxylic acids is 1. The molecule has 7 nitrogen and oxygen atoms in total. The summed E-state index contributed by atoms with van der Waals surface area (Å²) >= 11 is 0. The Kier molecular flexibility index (Phi) is 5.64. The Morgan fingerprint density at radius 2 is 1.61 bits per heavy atom. The van der Waals surface area contributed by atoms with E-state index in [0.717, 1.165) is 29.5 Å². The van der Waals surface area contributed by atoms with Crippen LogP contribution < -0.4 is 0 Å². The van der Waals surface area contributed by atoms with Crippen molar-refractivity contribution in [1.82, 2.24) is 0 Å². The number of aliphatic hydroxyl groups excluding tert-OH is 3. The van der Waals surface area contributed by atoms with Crippen LogP contribution in [0.1, 0.15) is 32.8 Å². The molecule has 33 heavy (non-hydrogen) atoms. The maximum Gasteiger partial charge on any atom is 0.335 e. The van der Waals surface area contributed by atoms with Crippen LogP contribution in [-0.4, -0.2) is 82.1 Å². The third kappa shape index (κ3) is 4.60. The summed E-state index contributed by atoms with van der Waals surface area (Å²) in [6, 6.07) is 16.2. The van der Waals surface area contributed by atoms with Crippen LogP contribution >= 0.6 is 0 Å². The molecule has 2 aliphatic rings. The van der Waals surface area contributed by atoms with Gasteiger partial charge in [0.25, 0.3) is 0 Å². The van der Waals surface area contributed by atoms with Crippen molar-refractivity contribution in [3.05, 3.63) is 76.9 Å². The molecule has 6 atom stereocenters. The highest BCUT2D eigenvalue weighted by Crippen LogP contribution is 2.34. The fourth-order valence-electron chi connectivity index (χ4n) is 4.78. The molecule has 0 amide bonds. The Morgan fingerprint density at radius 1 is 1.03 bits per heavy atom. The smallest absolute Gasteiger partial charge is 0.335 e. The number of rotatable bonds is 5. The minimum atomic E-state index is -2.71. The van der Waals surface area contributed by atoms with E-state index in [1.165, 1.54) is 18.2 Å². The number of carboxylic acid groups (broad SMARTS) is 1. The summed E-state index contributed by atoms with van der Waals surface area (Å²) in [5, 5.41) is 40.4. The molecular formula is C26H32NO6+. The SMILES string of the molecule is [2H]C([2H])([2H])[N+](C)(CCC=C1c2ccccc2CCc2ccccc21)[C@@H]1O[C@H](C(=O)O)[C@@H](O)[C@@H](O)[C@H]1O. The van der Waals surface area contributed by atoms with E-state index in [0.29, 0.717) is 0 Å². The first kappa shape index (κ1) is 19.9. The molecule has 1 fully saturated rings. The Morgan fingerprint density at radius 3 is 2.15 bits per heavy atom. The van der Waals surface area contributed by atoms with Gasteiger partial charge in [0, 0.05) is 6.42 Å². The van der Waals surface area contributed by atoms with Gasteiger partial charge < -0.3 is 29.6 Å². The van der Waals surface area contributed by atoms with E-state index in [4.69, 9.17) is 8.85 Å². The molecule has 0 bridgehead atoms. The lowest BCUT2D eigenvalue weighted by atomic mass is 9.93. The van der Waals surface area contributed by atoms with Crippen LogP contribution in [0.25, 0.3) is 5.57 Å². The van der Waals surface area contributed by atoms with Gasteiger partial charge in [-0.3, -0.25) is 0 Å². The first-order valence-corrected chi connectivity index (χ1v) is 11.1. The molecule has 0 spiro atoms. The second-order valence-corrected chi connectivity index (χ2v) is 8.97. The molecule has 2 aromatic rings. The molecule has 1 unspecified atom stereocenters. The number of ether oxygens (including phenoxy) is 1. The number of nitrogens with zero attached hydrogens (tertiary/aromatic N) is 1. The highest BCUT2D eigenvalue weighted by atomic mass is 16.6. The molecule has 176 valence electrons. The lowest BCUT2D eigenvalue weighted by Crippen LogP contribution is -2.68. The lowest BCUT2D eigenvalue weighted by Gasteiger charge is -2.46. The van der Waals surface area contributed by atoms with Gasteiger partial charge >= 0.3 is 5.97 Å². The highest BCUT2D eigenvalue weighted by Gasteiger charge is 2.52. The van der Waals surface area contributed by atoms with E-state index >= 15 is 0 Å². The monoisotopic (exact) mass is 457 g/mol. The number of fused-ring (bicyclic) bond motifs is 2. The number of aliphatic carboxylic acids is 1. The van der Waals surface area contributed by atoms with Gasteiger partial charge in [-0.1, -0.05) is 54.6 Å². The number of benzene rings is 2. The summed E-state index contributed by atoms with van der Waals surface area (Å²) in [5.74, 6) is -1.55.